The van der Waals surface area contributed by atoms with Crippen LogP contribution >= 0.6 is 0 Å². The van der Waals surface area contributed by atoms with Gasteiger partial charge in [-0.15, -0.1) is 0 Å². The molecule has 8 heteroatoms. The highest BCUT2D eigenvalue weighted by Crippen LogP contribution is 2.24. The number of halogens is 1. The van der Waals surface area contributed by atoms with Crippen molar-refractivity contribution in [1.29, 1.82) is 0 Å². The second kappa shape index (κ2) is 5.33. The van der Waals surface area contributed by atoms with Crippen LogP contribution in [0.2, 0.25) is 0 Å². The molecule has 2 rings (SSSR count). The number of hydrogen-bond donors (Lipinski definition) is 2. The summed E-state index contributed by atoms with van der Waals surface area (Å²) >= 11 is 0. The maximum atomic E-state index is 13.3. The average Bonchev–Trinajstić information content (AvgIpc) is 2.41. The molecule has 0 aliphatic rings. The number of aromatic nitrogens is 1. The zero-order valence-corrected chi connectivity index (χ0v) is 11.3. The lowest BCUT2D eigenvalue weighted by Gasteiger charge is -2.10. The Morgan fingerprint density at radius 1 is 1.35 bits per heavy atom. The first kappa shape index (κ1) is 14.1. The molecule has 0 bridgehead atoms. The topological polar surface area (TPSA) is 94.3 Å². The molecule has 20 heavy (non-hydrogen) atoms. The fraction of sp³-hybridized carbons (Fsp3) is 0.0833. The number of nitrogens with zero attached hydrogens (tertiary/aromatic N) is 1. The van der Waals surface area contributed by atoms with Gasteiger partial charge in [0.05, 0.1) is 12.8 Å². The molecule has 0 radical (unpaired) electrons. The highest BCUT2D eigenvalue weighted by atomic mass is 32.2. The summed E-state index contributed by atoms with van der Waals surface area (Å²) < 4.78 is 44.6. The number of rotatable bonds is 4. The van der Waals surface area contributed by atoms with E-state index in [1.54, 1.807) is 0 Å². The molecule has 0 saturated carbocycles. The third-order valence-electron chi connectivity index (χ3n) is 2.49. The number of pyridine rings is 1. The number of benzene rings is 1. The number of nitrogen functional groups attached to an aromatic ring is 1. The zero-order valence-electron chi connectivity index (χ0n) is 10.5. The molecule has 0 spiro atoms. The van der Waals surface area contributed by atoms with E-state index in [-0.39, 0.29) is 22.2 Å². The fourth-order valence-electron chi connectivity index (χ4n) is 1.56. The van der Waals surface area contributed by atoms with Gasteiger partial charge in [0.2, 0.25) is 0 Å². The maximum Gasteiger partial charge on any atom is 0.265 e. The first-order valence-electron chi connectivity index (χ1n) is 5.51. The maximum absolute atomic E-state index is 13.3. The Hall–Kier alpha value is -2.35. The highest BCUT2D eigenvalue weighted by Gasteiger charge is 2.18. The molecule has 0 atom stereocenters. The van der Waals surface area contributed by atoms with Crippen LogP contribution in [0.5, 0.6) is 5.75 Å². The Labute approximate surface area is 115 Å². The van der Waals surface area contributed by atoms with Gasteiger partial charge < -0.3 is 10.5 Å². The third-order valence-corrected chi connectivity index (χ3v) is 3.92. The van der Waals surface area contributed by atoms with E-state index in [0.717, 1.165) is 6.07 Å². The number of anilines is 2. The number of ether oxygens (including phenoxy) is 1. The molecule has 0 unspecified atom stereocenters. The van der Waals surface area contributed by atoms with E-state index < -0.39 is 15.8 Å². The van der Waals surface area contributed by atoms with Crippen molar-refractivity contribution in [3.05, 3.63) is 42.3 Å². The summed E-state index contributed by atoms with van der Waals surface area (Å²) in [6.07, 6.45) is 1.38. The van der Waals surface area contributed by atoms with E-state index in [0.29, 0.717) is 0 Å². The van der Waals surface area contributed by atoms with Crippen molar-refractivity contribution in [2.75, 3.05) is 17.6 Å². The van der Waals surface area contributed by atoms with E-state index >= 15 is 0 Å². The van der Waals surface area contributed by atoms with Gasteiger partial charge in [-0.25, -0.2) is 17.8 Å². The standard InChI is InChI=1S/C12H12FN3O3S/c1-19-10-7-8(4-5-9(10)13)16-20(17,18)11-3-2-6-15-12(11)14/h2-7,16H,1H3,(H2,14,15). The van der Waals surface area contributed by atoms with Crippen LogP contribution in [0.25, 0.3) is 0 Å². The lowest BCUT2D eigenvalue weighted by Crippen LogP contribution is -2.15. The van der Waals surface area contributed by atoms with Gasteiger partial charge in [-0.2, -0.15) is 0 Å². The Morgan fingerprint density at radius 2 is 2.10 bits per heavy atom. The van der Waals surface area contributed by atoms with E-state index in [1.165, 1.54) is 37.6 Å². The first-order valence-corrected chi connectivity index (χ1v) is 6.99. The van der Waals surface area contributed by atoms with Gasteiger partial charge in [0.25, 0.3) is 10.0 Å². The largest absolute Gasteiger partial charge is 0.494 e. The molecule has 0 amide bonds. The minimum absolute atomic E-state index is 0.0654. The van der Waals surface area contributed by atoms with E-state index in [9.17, 15) is 12.8 Å². The van der Waals surface area contributed by atoms with Gasteiger partial charge in [-0.05, 0) is 24.3 Å². The Kier molecular flexibility index (Phi) is 3.75. The molecule has 1 heterocycles. The fourth-order valence-corrected chi connectivity index (χ4v) is 2.70. The van der Waals surface area contributed by atoms with Crippen LogP contribution in [0.3, 0.4) is 0 Å². The molecule has 6 nitrogen and oxygen atoms in total. The molecular weight excluding hydrogens is 285 g/mol. The van der Waals surface area contributed by atoms with Crippen LogP contribution in [-0.2, 0) is 10.0 Å². The molecule has 0 saturated heterocycles. The monoisotopic (exact) mass is 297 g/mol. The summed E-state index contributed by atoms with van der Waals surface area (Å²) in [5.74, 6) is -0.769. The molecule has 106 valence electrons. The van der Waals surface area contributed by atoms with Crippen LogP contribution in [0.15, 0.2) is 41.4 Å². The summed E-state index contributed by atoms with van der Waals surface area (Å²) in [4.78, 5) is 3.56. The summed E-state index contributed by atoms with van der Waals surface area (Å²) in [5, 5.41) is 0. The number of nitrogens with one attached hydrogen (secondary N) is 1. The van der Waals surface area contributed by atoms with Gasteiger partial charge in [0, 0.05) is 12.3 Å². The number of methoxy groups -OCH3 is 1. The third kappa shape index (κ3) is 2.80. The Bertz CT molecular complexity index is 734. The van der Waals surface area contributed by atoms with Gasteiger partial charge in [0.15, 0.2) is 11.6 Å². The molecule has 3 N–H and O–H groups in total. The molecule has 0 aliphatic heterocycles. The molecule has 2 aromatic rings. The van der Waals surface area contributed by atoms with Gasteiger partial charge in [0.1, 0.15) is 10.7 Å². The minimum Gasteiger partial charge on any atom is -0.494 e. The van der Waals surface area contributed by atoms with Crippen molar-refractivity contribution in [1.82, 2.24) is 4.98 Å². The van der Waals surface area contributed by atoms with Crippen LogP contribution in [0.1, 0.15) is 0 Å². The quantitative estimate of drug-likeness (QED) is 0.894. The minimum atomic E-state index is -3.90. The van der Waals surface area contributed by atoms with Gasteiger partial charge in [-0.3, -0.25) is 4.72 Å². The van der Waals surface area contributed by atoms with E-state index in [4.69, 9.17) is 10.5 Å². The number of hydrogen-bond acceptors (Lipinski definition) is 5. The number of sulfonamides is 1. The summed E-state index contributed by atoms with van der Waals surface area (Å²) in [6.45, 7) is 0. The second-order valence-electron chi connectivity index (χ2n) is 3.84. The van der Waals surface area contributed by atoms with Crippen molar-refractivity contribution in [2.45, 2.75) is 4.90 Å². The SMILES string of the molecule is COc1cc(NS(=O)(=O)c2cccnc2N)ccc1F. The van der Waals surface area contributed by atoms with E-state index in [2.05, 4.69) is 9.71 Å². The first-order chi connectivity index (χ1) is 9.44. The molecule has 1 aromatic heterocycles. The van der Waals surface area contributed by atoms with Crippen LogP contribution in [0, 0.1) is 5.82 Å². The highest BCUT2D eigenvalue weighted by molar-refractivity contribution is 7.92. The summed E-state index contributed by atoms with van der Waals surface area (Å²) in [6, 6.07) is 6.40. The zero-order chi connectivity index (χ0) is 14.8. The normalized spacial score (nSPS) is 11.1. The molecule has 0 aliphatic carbocycles. The van der Waals surface area contributed by atoms with Gasteiger partial charge in [-0.1, -0.05) is 0 Å². The molecule has 1 aromatic carbocycles. The number of nitrogens with two attached hydrogens (primary N) is 1. The second-order valence-corrected chi connectivity index (χ2v) is 5.49. The van der Waals surface area contributed by atoms with Crippen LogP contribution in [-0.4, -0.2) is 20.5 Å². The summed E-state index contributed by atoms with van der Waals surface area (Å²) in [5.41, 5.74) is 5.68. The van der Waals surface area contributed by atoms with Crippen molar-refractivity contribution in [3.8, 4) is 5.75 Å². The average molecular weight is 297 g/mol. The molecular formula is C12H12FN3O3S. The van der Waals surface area contributed by atoms with E-state index in [1.807, 2.05) is 0 Å². The van der Waals surface area contributed by atoms with Crippen molar-refractivity contribution < 1.29 is 17.5 Å². The Morgan fingerprint density at radius 3 is 2.75 bits per heavy atom. The summed E-state index contributed by atoms with van der Waals surface area (Å²) in [7, 11) is -2.61. The van der Waals surface area contributed by atoms with Gasteiger partial charge >= 0.3 is 0 Å². The molecule has 0 fully saturated rings. The van der Waals surface area contributed by atoms with Crippen LogP contribution in [0.4, 0.5) is 15.9 Å². The van der Waals surface area contributed by atoms with Crippen molar-refractivity contribution >= 4 is 21.5 Å². The Balaban J connectivity index is 2.36. The van der Waals surface area contributed by atoms with Crippen molar-refractivity contribution in [2.24, 2.45) is 0 Å². The van der Waals surface area contributed by atoms with Crippen LogP contribution < -0.4 is 15.2 Å². The smallest absolute Gasteiger partial charge is 0.265 e. The lowest BCUT2D eigenvalue weighted by atomic mass is 10.3. The lowest BCUT2D eigenvalue weighted by molar-refractivity contribution is 0.387. The predicted octanol–water partition coefficient (Wildman–Crippen LogP) is 1.61. The van der Waals surface area contributed by atoms with Crippen molar-refractivity contribution in [3.63, 3.8) is 0 Å². The predicted molar refractivity (Wildman–Crippen MR) is 72.4 cm³/mol.